The number of nitrogens with two attached hydrogens (primary N) is 2. The number of halogens is 1. The van der Waals surface area contributed by atoms with E-state index in [1.807, 2.05) is 0 Å². The average molecular weight is 484 g/mol. The van der Waals surface area contributed by atoms with Gasteiger partial charge < -0.3 is 11.5 Å². The van der Waals surface area contributed by atoms with E-state index in [1.54, 1.807) is 42.5 Å². The first kappa shape index (κ1) is 22.6. The molecular weight excluding hydrogens is 465 g/mol. The number of rotatable bonds is 7. The van der Waals surface area contributed by atoms with Crippen LogP contribution in [0, 0.1) is 5.82 Å². The van der Waals surface area contributed by atoms with Crippen LogP contribution in [-0.4, -0.2) is 25.2 Å². The Kier molecular flexibility index (Phi) is 5.96. The summed E-state index contributed by atoms with van der Waals surface area (Å²) in [6.45, 7) is 0. The highest BCUT2D eigenvalue weighted by molar-refractivity contribution is 7.91. The second-order valence-corrected chi connectivity index (χ2v) is 10.5. The molecule has 2 amide bonds. The Labute approximate surface area is 192 Å². The molecule has 0 aliphatic rings. The van der Waals surface area contributed by atoms with Crippen LogP contribution >= 0.6 is 11.3 Å². The lowest BCUT2D eigenvalue weighted by Gasteiger charge is -2.12. The molecule has 1 heterocycles. The first-order valence-electron chi connectivity index (χ1n) is 9.71. The van der Waals surface area contributed by atoms with Gasteiger partial charge in [0.2, 0.25) is 11.8 Å². The van der Waals surface area contributed by atoms with Gasteiger partial charge in [0.1, 0.15) is 10.8 Å². The van der Waals surface area contributed by atoms with E-state index in [1.165, 1.54) is 24.3 Å². The molecule has 1 unspecified atom stereocenters. The molecule has 4 aromatic rings. The molecule has 168 valence electrons. The molecule has 0 bridgehead atoms. The molecule has 0 saturated carbocycles. The Bertz CT molecular complexity index is 1470. The Morgan fingerprint density at radius 2 is 1.67 bits per heavy atom. The van der Waals surface area contributed by atoms with Gasteiger partial charge in [-0.1, -0.05) is 42.5 Å². The van der Waals surface area contributed by atoms with Crippen molar-refractivity contribution < 1.29 is 22.4 Å². The Morgan fingerprint density at radius 3 is 2.27 bits per heavy atom. The largest absolute Gasteiger partial charge is 0.368 e. The van der Waals surface area contributed by atoms with Crippen LogP contribution in [0.4, 0.5) is 4.39 Å². The Balaban J connectivity index is 1.74. The fraction of sp³-hybridized carbons (Fsp3) is 0.0870. The highest BCUT2D eigenvalue weighted by atomic mass is 32.2. The summed E-state index contributed by atoms with van der Waals surface area (Å²) in [7, 11) is -4.02. The topological polar surface area (TPSA) is 133 Å². The van der Waals surface area contributed by atoms with Crippen molar-refractivity contribution in [2.75, 3.05) is 0 Å². The van der Waals surface area contributed by atoms with Crippen molar-refractivity contribution in [3.05, 3.63) is 88.7 Å². The zero-order chi connectivity index (χ0) is 23.8. The molecule has 33 heavy (non-hydrogen) atoms. The Morgan fingerprint density at radius 1 is 1.00 bits per heavy atom. The molecule has 4 rings (SSSR count). The van der Waals surface area contributed by atoms with Crippen LogP contribution in [0.15, 0.2) is 66.7 Å². The molecule has 0 aliphatic carbocycles. The fourth-order valence-electron chi connectivity index (χ4n) is 3.46. The third kappa shape index (κ3) is 4.62. The number of carbonyl (C=O) groups is 2. The number of aromatic nitrogens is 1. The minimum absolute atomic E-state index is 0.0194. The molecule has 0 fully saturated rings. The summed E-state index contributed by atoms with van der Waals surface area (Å²) in [5.74, 6) is -2.62. The highest BCUT2D eigenvalue weighted by Crippen LogP contribution is 2.36. The number of amides is 2. The summed E-state index contributed by atoms with van der Waals surface area (Å²) in [5, 5.41) is -1.68. The van der Waals surface area contributed by atoms with Crippen LogP contribution in [0.5, 0.6) is 0 Å². The van der Waals surface area contributed by atoms with Crippen molar-refractivity contribution in [1.29, 1.82) is 0 Å². The van der Waals surface area contributed by atoms with Crippen LogP contribution in [0.3, 0.4) is 0 Å². The molecule has 3 aromatic carbocycles. The SMILES string of the molecule is NC(=O)c1ccc(-c2cc3sc(C(C(N)=O)S(=O)(=O)Cc4ccccc4)nc3cc2F)cc1. The molecular formula is C23H18FN3O4S2. The summed E-state index contributed by atoms with van der Waals surface area (Å²) in [6, 6.07) is 17.2. The van der Waals surface area contributed by atoms with Crippen molar-refractivity contribution in [2.45, 2.75) is 11.0 Å². The van der Waals surface area contributed by atoms with Crippen molar-refractivity contribution in [3.8, 4) is 11.1 Å². The van der Waals surface area contributed by atoms with Crippen LogP contribution in [0.1, 0.15) is 26.2 Å². The highest BCUT2D eigenvalue weighted by Gasteiger charge is 2.35. The number of hydrogen-bond acceptors (Lipinski definition) is 6. The minimum atomic E-state index is -4.02. The van der Waals surface area contributed by atoms with Gasteiger partial charge >= 0.3 is 0 Å². The van der Waals surface area contributed by atoms with Crippen molar-refractivity contribution in [3.63, 3.8) is 0 Å². The lowest BCUT2D eigenvalue weighted by atomic mass is 10.0. The van der Waals surface area contributed by atoms with E-state index >= 15 is 0 Å². The third-order valence-corrected chi connectivity index (χ3v) is 8.17. The zero-order valence-corrected chi connectivity index (χ0v) is 18.7. The Hall–Kier alpha value is -3.63. The predicted molar refractivity (Wildman–Crippen MR) is 125 cm³/mol. The van der Waals surface area contributed by atoms with Crippen molar-refractivity contribution in [2.24, 2.45) is 11.5 Å². The first-order valence-corrected chi connectivity index (χ1v) is 12.2. The van der Waals surface area contributed by atoms with Crippen LogP contribution in [0.2, 0.25) is 0 Å². The lowest BCUT2D eigenvalue weighted by Crippen LogP contribution is -2.29. The van der Waals surface area contributed by atoms with E-state index in [0.29, 0.717) is 15.8 Å². The lowest BCUT2D eigenvalue weighted by molar-refractivity contribution is -0.117. The standard InChI is InChI=1S/C23H18FN3O4S2/c24-17-11-18-19(10-16(17)14-6-8-15(9-7-14)21(25)28)32-23(27-18)20(22(26)29)33(30,31)12-13-4-2-1-3-5-13/h1-11,20H,12H2,(H2,25,28)(H2,26,29). The van der Waals surface area contributed by atoms with Crippen molar-refractivity contribution in [1.82, 2.24) is 4.98 Å². The summed E-state index contributed by atoms with van der Waals surface area (Å²) in [5.41, 5.74) is 12.4. The number of primary amides is 2. The minimum Gasteiger partial charge on any atom is -0.368 e. The normalized spacial score (nSPS) is 12.5. The van der Waals surface area contributed by atoms with Gasteiger partial charge in [0.15, 0.2) is 15.1 Å². The second-order valence-electron chi connectivity index (χ2n) is 7.37. The molecule has 0 aliphatic heterocycles. The monoisotopic (exact) mass is 483 g/mol. The second kappa shape index (κ2) is 8.72. The van der Waals surface area contributed by atoms with Gasteiger partial charge in [0, 0.05) is 17.2 Å². The summed E-state index contributed by atoms with van der Waals surface area (Å²) >= 11 is 0.965. The van der Waals surface area contributed by atoms with Gasteiger partial charge in [-0.05, 0) is 29.3 Å². The maximum absolute atomic E-state index is 14.8. The van der Waals surface area contributed by atoms with Crippen LogP contribution < -0.4 is 11.5 Å². The summed E-state index contributed by atoms with van der Waals surface area (Å²) in [4.78, 5) is 27.6. The van der Waals surface area contributed by atoms with Crippen molar-refractivity contribution >= 4 is 43.2 Å². The number of sulfone groups is 1. The van der Waals surface area contributed by atoms with Gasteiger partial charge in [-0.25, -0.2) is 17.8 Å². The molecule has 7 nitrogen and oxygen atoms in total. The number of thiazole rings is 1. The van der Waals surface area contributed by atoms with Gasteiger partial charge in [-0.15, -0.1) is 11.3 Å². The smallest absolute Gasteiger partial charge is 0.248 e. The molecule has 0 radical (unpaired) electrons. The maximum atomic E-state index is 14.8. The van der Waals surface area contributed by atoms with Gasteiger partial charge in [-0.2, -0.15) is 0 Å². The van der Waals surface area contributed by atoms with E-state index in [0.717, 1.165) is 11.3 Å². The van der Waals surface area contributed by atoms with E-state index in [9.17, 15) is 22.4 Å². The van der Waals surface area contributed by atoms with Crippen LogP contribution in [-0.2, 0) is 20.4 Å². The quantitative estimate of drug-likeness (QED) is 0.416. The molecule has 0 spiro atoms. The molecule has 4 N–H and O–H groups in total. The number of carbonyl (C=O) groups excluding carboxylic acids is 2. The molecule has 1 aromatic heterocycles. The fourth-order valence-corrected chi connectivity index (χ4v) is 6.56. The van der Waals surface area contributed by atoms with Gasteiger partial charge in [0.05, 0.1) is 16.0 Å². The van der Waals surface area contributed by atoms with Gasteiger partial charge in [-0.3, -0.25) is 9.59 Å². The number of fused-ring (bicyclic) bond motifs is 1. The van der Waals surface area contributed by atoms with E-state index < -0.39 is 32.7 Å². The summed E-state index contributed by atoms with van der Waals surface area (Å²) in [6.07, 6.45) is 0. The third-order valence-electron chi connectivity index (χ3n) is 5.03. The molecule has 1 atom stereocenters. The van der Waals surface area contributed by atoms with E-state index in [-0.39, 0.29) is 27.4 Å². The number of hydrogen-bond donors (Lipinski definition) is 2. The average Bonchev–Trinajstić information content (AvgIpc) is 3.14. The molecule has 10 heteroatoms. The van der Waals surface area contributed by atoms with E-state index in [4.69, 9.17) is 11.5 Å². The maximum Gasteiger partial charge on any atom is 0.248 e. The first-order chi connectivity index (χ1) is 15.7. The summed E-state index contributed by atoms with van der Waals surface area (Å²) < 4.78 is 41.3. The zero-order valence-electron chi connectivity index (χ0n) is 17.1. The predicted octanol–water partition coefficient (Wildman–Crippen LogP) is 3.34. The van der Waals surface area contributed by atoms with Gasteiger partial charge in [0.25, 0.3) is 0 Å². The van der Waals surface area contributed by atoms with E-state index in [2.05, 4.69) is 4.98 Å². The number of benzene rings is 3. The molecule has 0 saturated heterocycles. The van der Waals surface area contributed by atoms with Crippen LogP contribution in [0.25, 0.3) is 21.3 Å². The number of nitrogens with zero attached hydrogens (tertiary/aromatic N) is 1.